The number of carbonyl (C=O) groups excluding carboxylic acids is 1. The fourth-order valence-electron chi connectivity index (χ4n) is 1.92. The molecule has 21 heavy (non-hydrogen) atoms. The molecule has 1 aromatic heterocycles. The van der Waals surface area contributed by atoms with Crippen LogP contribution in [-0.4, -0.2) is 22.6 Å². The summed E-state index contributed by atoms with van der Waals surface area (Å²) < 4.78 is 0. The molecule has 1 aromatic rings. The summed E-state index contributed by atoms with van der Waals surface area (Å²) in [5.41, 5.74) is 2.31. The van der Waals surface area contributed by atoms with Crippen LogP contribution in [0.5, 0.6) is 0 Å². The molecule has 0 radical (unpaired) electrons. The Kier molecular flexibility index (Phi) is 4.53. The van der Waals surface area contributed by atoms with E-state index in [0.29, 0.717) is 17.5 Å². The van der Waals surface area contributed by atoms with Crippen LogP contribution in [0.1, 0.15) is 32.0 Å². The second-order valence-corrected chi connectivity index (χ2v) is 6.70. The summed E-state index contributed by atoms with van der Waals surface area (Å²) in [6.07, 6.45) is 1.71. The Balaban J connectivity index is 2.44. The van der Waals surface area contributed by atoms with Crippen molar-refractivity contribution in [3.8, 4) is 6.07 Å². The number of aromatic nitrogens is 1. The molecule has 0 aromatic carbocycles. The molecule has 1 aliphatic rings. The Morgan fingerprint density at radius 1 is 1.29 bits per heavy atom. The van der Waals surface area contributed by atoms with Gasteiger partial charge in [0.2, 0.25) is 0 Å². The van der Waals surface area contributed by atoms with Crippen LogP contribution >= 0.6 is 11.8 Å². The monoisotopic (exact) mass is 302 g/mol. The van der Waals surface area contributed by atoms with Gasteiger partial charge in [-0.1, -0.05) is 20.8 Å². The van der Waals surface area contributed by atoms with Gasteiger partial charge in [-0.3, -0.25) is 9.78 Å². The standard InChI is InChI=1S/C15H18N4OS/c1-15(2,3)12-5-4-10(7-17-12)13-11(6-16)14(20)19-9-21-8-18-13/h4-5,7,18H,8-9H2,1-3H3,(H,19,20)/b13-11-. The molecule has 5 nitrogen and oxygen atoms in total. The Bertz CT molecular complexity index is 608. The van der Waals surface area contributed by atoms with Crippen LogP contribution in [0.15, 0.2) is 23.9 Å². The molecule has 0 saturated carbocycles. The highest BCUT2D eigenvalue weighted by Crippen LogP contribution is 2.23. The Hall–Kier alpha value is -2.00. The normalized spacial score (nSPS) is 19.8. The van der Waals surface area contributed by atoms with E-state index in [9.17, 15) is 10.1 Å². The van der Waals surface area contributed by atoms with Crippen molar-refractivity contribution in [1.82, 2.24) is 15.6 Å². The molecule has 1 amide bonds. The number of rotatable bonds is 1. The molecule has 0 saturated heterocycles. The zero-order valence-corrected chi connectivity index (χ0v) is 13.2. The minimum atomic E-state index is -0.355. The van der Waals surface area contributed by atoms with Gasteiger partial charge in [0.25, 0.3) is 5.91 Å². The quantitative estimate of drug-likeness (QED) is 0.829. The van der Waals surface area contributed by atoms with Crippen LogP contribution < -0.4 is 10.6 Å². The van der Waals surface area contributed by atoms with Crippen LogP contribution in [0.3, 0.4) is 0 Å². The molecule has 0 atom stereocenters. The van der Waals surface area contributed by atoms with Crippen LogP contribution in [0.4, 0.5) is 0 Å². The van der Waals surface area contributed by atoms with Gasteiger partial charge in [-0.05, 0) is 12.1 Å². The fraction of sp³-hybridized carbons (Fsp3) is 0.400. The number of nitrogens with one attached hydrogen (secondary N) is 2. The summed E-state index contributed by atoms with van der Waals surface area (Å²) in [4.78, 5) is 16.4. The van der Waals surface area contributed by atoms with Gasteiger partial charge in [0.15, 0.2) is 0 Å². The summed E-state index contributed by atoms with van der Waals surface area (Å²) >= 11 is 1.54. The van der Waals surface area contributed by atoms with Crippen molar-refractivity contribution in [1.29, 1.82) is 5.26 Å². The van der Waals surface area contributed by atoms with Gasteiger partial charge in [0, 0.05) is 22.9 Å². The SMILES string of the molecule is CC(C)(C)c1ccc(/C2=C(\C#N)C(=O)NCSCN2)cn1. The number of carbonyl (C=O) groups is 1. The van der Waals surface area contributed by atoms with Gasteiger partial charge in [0.1, 0.15) is 11.6 Å². The summed E-state index contributed by atoms with van der Waals surface area (Å²) in [5.74, 6) is 0.764. The molecule has 0 spiro atoms. The molecular formula is C15H18N4OS. The maximum absolute atomic E-state index is 11.9. The number of pyridine rings is 1. The average molecular weight is 302 g/mol. The van der Waals surface area contributed by atoms with Crippen molar-refractivity contribution in [3.05, 3.63) is 35.2 Å². The third-order valence-corrected chi connectivity index (χ3v) is 3.79. The van der Waals surface area contributed by atoms with Crippen molar-refractivity contribution in [3.63, 3.8) is 0 Å². The van der Waals surface area contributed by atoms with Gasteiger partial charge in [-0.15, -0.1) is 11.8 Å². The lowest BCUT2D eigenvalue weighted by atomic mass is 9.91. The summed E-state index contributed by atoms with van der Waals surface area (Å²) in [7, 11) is 0. The number of thioether (sulfide) groups is 1. The Labute approximate surface area is 128 Å². The second kappa shape index (κ2) is 6.19. The number of amides is 1. The van der Waals surface area contributed by atoms with Crippen LogP contribution in [0, 0.1) is 11.3 Å². The van der Waals surface area contributed by atoms with Crippen LogP contribution in [0.25, 0.3) is 5.70 Å². The van der Waals surface area contributed by atoms with Gasteiger partial charge in [-0.2, -0.15) is 5.26 Å². The third-order valence-electron chi connectivity index (χ3n) is 3.10. The van der Waals surface area contributed by atoms with Crippen molar-refractivity contribution >= 4 is 23.4 Å². The van der Waals surface area contributed by atoms with E-state index in [4.69, 9.17) is 0 Å². The smallest absolute Gasteiger partial charge is 0.264 e. The number of hydrogen-bond donors (Lipinski definition) is 2. The van der Waals surface area contributed by atoms with E-state index in [1.165, 1.54) is 0 Å². The van der Waals surface area contributed by atoms with Crippen molar-refractivity contribution in [2.75, 3.05) is 11.8 Å². The second-order valence-electron chi connectivity index (χ2n) is 5.72. The van der Waals surface area contributed by atoms with Crippen LogP contribution in [0.2, 0.25) is 0 Å². The average Bonchev–Trinajstić information content (AvgIpc) is 2.42. The molecule has 0 bridgehead atoms. The van der Waals surface area contributed by atoms with Crippen molar-refractivity contribution in [2.24, 2.45) is 0 Å². The maximum atomic E-state index is 11.9. The summed E-state index contributed by atoms with van der Waals surface area (Å²) in [5, 5.41) is 15.1. The molecule has 0 unspecified atom stereocenters. The lowest BCUT2D eigenvalue weighted by Gasteiger charge is -2.20. The van der Waals surface area contributed by atoms with Gasteiger partial charge in [-0.25, -0.2) is 0 Å². The first-order valence-corrected chi connectivity index (χ1v) is 7.80. The highest BCUT2D eigenvalue weighted by molar-refractivity contribution is 7.99. The molecular weight excluding hydrogens is 284 g/mol. The summed E-state index contributed by atoms with van der Waals surface area (Å²) in [6, 6.07) is 5.81. The first-order valence-electron chi connectivity index (χ1n) is 6.64. The molecule has 0 fully saturated rings. The van der Waals surface area contributed by atoms with E-state index in [-0.39, 0.29) is 16.9 Å². The zero-order chi connectivity index (χ0) is 15.5. The van der Waals surface area contributed by atoms with E-state index < -0.39 is 0 Å². The lowest BCUT2D eigenvalue weighted by molar-refractivity contribution is -0.116. The largest absolute Gasteiger partial charge is 0.374 e. The Morgan fingerprint density at radius 2 is 2.00 bits per heavy atom. The molecule has 0 aliphatic carbocycles. The molecule has 2 N–H and O–H groups in total. The van der Waals surface area contributed by atoms with Crippen molar-refractivity contribution in [2.45, 2.75) is 26.2 Å². The number of nitrogens with zero attached hydrogens (tertiary/aromatic N) is 2. The first kappa shape index (κ1) is 15.4. The van der Waals surface area contributed by atoms with Crippen molar-refractivity contribution < 1.29 is 4.79 Å². The van der Waals surface area contributed by atoms with Gasteiger partial charge in [0.05, 0.1) is 17.5 Å². The molecule has 1 aliphatic heterocycles. The van der Waals surface area contributed by atoms with Gasteiger partial charge < -0.3 is 10.6 Å². The third kappa shape index (κ3) is 3.56. The van der Waals surface area contributed by atoms with Gasteiger partial charge >= 0.3 is 0 Å². The highest BCUT2D eigenvalue weighted by atomic mass is 32.2. The number of hydrogen-bond acceptors (Lipinski definition) is 5. The first-order chi connectivity index (χ1) is 9.93. The van der Waals surface area contributed by atoms with E-state index in [0.717, 1.165) is 11.3 Å². The number of nitriles is 1. The molecule has 6 heteroatoms. The van der Waals surface area contributed by atoms with E-state index in [2.05, 4.69) is 36.4 Å². The zero-order valence-electron chi connectivity index (χ0n) is 12.4. The maximum Gasteiger partial charge on any atom is 0.264 e. The Morgan fingerprint density at radius 3 is 2.57 bits per heavy atom. The van der Waals surface area contributed by atoms with E-state index in [1.807, 2.05) is 18.2 Å². The predicted molar refractivity (Wildman–Crippen MR) is 84.1 cm³/mol. The minimum absolute atomic E-state index is 0.0352. The van der Waals surface area contributed by atoms with E-state index >= 15 is 0 Å². The highest BCUT2D eigenvalue weighted by Gasteiger charge is 2.20. The molecule has 2 heterocycles. The molecule has 110 valence electrons. The fourth-order valence-corrected chi connectivity index (χ4v) is 2.50. The predicted octanol–water partition coefficient (Wildman–Crippen LogP) is 1.98. The summed E-state index contributed by atoms with van der Waals surface area (Å²) in [6.45, 7) is 6.27. The van der Waals surface area contributed by atoms with Crippen LogP contribution in [-0.2, 0) is 10.2 Å². The minimum Gasteiger partial charge on any atom is -0.374 e. The molecule has 2 rings (SSSR count). The lowest BCUT2D eigenvalue weighted by Crippen LogP contribution is -2.31. The topological polar surface area (TPSA) is 77.8 Å². The van der Waals surface area contributed by atoms with E-state index in [1.54, 1.807) is 18.0 Å².